The minimum Gasteiger partial charge on any atom is -0.355 e. The topological polar surface area (TPSA) is 61.4 Å². The van der Waals surface area contributed by atoms with Gasteiger partial charge in [-0.25, -0.2) is 9.97 Å². The number of hydrogen-bond donors (Lipinski definition) is 1. The lowest BCUT2D eigenvalue weighted by atomic mass is 9.44. The second kappa shape index (κ2) is 9.80. The molecule has 4 atom stereocenters. The van der Waals surface area contributed by atoms with Crippen LogP contribution in [0.15, 0.2) is 18.5 Å². The van der Waals surface area contributed by atoms with Gasteiger partial charge in [0.05, 0.1) is 0 Å². The first-order valence-electron chi connectivity index (χ1n) is 11.5. The van der Waals surface area contributed by atoms with Crippen LogP contribution in [0, 0.1) is 22.7 Å². The predicted molar refractivity (Wildman–Crippen MR) is 128 cm³/mol. The van der Waals surface area contributed by atoms with Crippen molar-refractivity contribution < 1.29 is 4.79 Å². The van der Waals surface area contributed by atoms with E-state index in [1.807, 2.05) is 6.07 Å². The van der Waals surface area contributed by atoms with E-state index < -0.39 is 0 Å². The van der Waals surface area contributed by atoms with Crippen LogP contribution in [0.1, 0.15) is 51.9 Å². The molecule has 0 aromatic carbocycles. The summed E-state index contributed by atoms with van der Waals surface area (Å²) in [6.45, 7) is 8.08. The van der Waals surface area contributed by atoms with Crippen LogP contribution < -0.4 is 10.2 Å². The number of amides is 1. The van der Waals surface area contributed by atoms with E-state index in [1.54, 1.807) is 12.4 Å². The smallest absolute Gasteiger partial charge is 0.225 e. The molecule has 31 heavy (non-hydrogen) atoms. The summed E-state index contributed by atoms with van der Waals surface area (Å²) in [6.07, 6.45) is 12.5. The molecule has 4 bridgehead atoms. The second-order valence-electron chi connectivity index (χ2n) is 10.7. The molecule has 6 nitrogen and oxygen atoms in total. The molecule has 4 aliphatic carbocycles. The minimum absolute atomic E-state index is 0. The summed E-state index contributed by atoms with van der Waals surface area (Å²) in [5.74, 6) is 2.88. The Morgan fingerprint density at radius 1 is 1.06 bits per heavy atom. The van der Waals surface area contributed by atoms with Crippen LogP contribution in [0.2, 0.25) is 0 Å². The molecule has 1 aromatic rings. The highest BCUT2D eigenvalue weighted by molar-refractivity contribution is 5.85. The van der Waals surface area contributed by atoms with Crippen molar-refractivity contribution in [2.75, 3.05) is 44.2 Å². The number of aromatic nitrogens is 2. The zero-order valence-corrected chi connectivity index (χ0v) is 20.2. The lowest BCUT2D eigenvalue weighted by Crippen LogP contribution is -2.52. The molecular weight excluding hydrogens is 433 g/mol. The second-order valence-corrected chi connectivity index (χ2v) is 10.7. The quantitative estimate of drug-likeness (QED) is 0.689. The van der Waals surface area contributed by atoms with E-state index in [0.29, 0.717) is 10.8 Å². The molecule has 5 fully saturated rings. The van der Waals surface area contributed by atoms with Crippen molar-refractivity contribution in [2.45, 2.75) is 51.9 Å². The van der Waals surface area contributed by atoms with Crippen LogP contribution in [0.3, 0.4) is 0 Å². The van der Waals surface area contributed by atoms with Gasteiger partial charge in [-0.05, 0) is 67.3 Å². The average Bonchev–Trinajstić information content (AvgIpc) is 2.67. The third-order valence-corrected chi connectivity index (χ3v) is 7.97. The van der Waals surface area contributed by atoms with Gasteiger partial charge in [0, 0.05) is 58.1 Å². The number of hydrogen-bond acceptors (Lipinski definition) is 5. The molecule has 2 unspecified atom stereocenters. The van der Waals surface area contributed by atoms with Gasteiger partial charge < -0.3 is 10.2 Å². The van der Waals surface area contributed by atoms with Crippen LogP contribution in [-0.2, 0) is 4.79 Å². The standard InChI is InChI=1S/C23H35N5O.2ClH/c1-22-12-18-11-19(13-22)15-23(14-18,17-22)16-20(29)24-5-6-27-7-9-28(10-8-27)21-25-3-2-4-26-21;;/h2-4,18-19H,5-17H2,1H3,(H,24,29);2*1H/t18-,19+,22?,23?;;. The molecule has 174 valence electrons. The van der Waals surface area contributed by atoms with E-state index in [0.717, 1.165) is 63.5 Å². The van der Waals surface area contributed by atoms with Gasteiger partial charge in [-0.1, -0.05) is 6.92 Å². The van der Waals surface area contributed by atoms with Gasteiger partial charge in [0.25, 0.3) is 0 Å². The Balaban J connectivity index is 0.00000136. The molecule has 5 aliphatic rings. The molecule has 2 heterocycles. The largest absolute Gasteiger partial charge is 0.355 e. The summed E-state index contributed by atoms with van der Waals surface area (Å²) < 4.78 is 0. The number of nitrogens with zero attached hydrogens (tertiary/aromatic N) is 4. The maximum absolute atomic E-state index is 12.8. The fraction of sp³-hybridized carbons (Fsp3) is 0.783. The molecule has 1 amide bonds. The molecule has 1 aromatic heterocycles. The summed E-state index contributed by atoms with van der Waals surface area (Å²) in [7, 11) is 0. The number of carbonyl (C=O) groups is 1. The first-order valence-corrected chi connectivity index (χ1v) is 11.5. The molecule has 0 spiro atoms. The molecule has 0 radical (unpaired) electrons. The summed E-state index contributed by atoms with van der Waals surface area (Å²) in [4.78, 5) is 26.1. The van der Waals surface area contributed by atoms with Gasteiger partial charge in [0.2, 0.25) is 11.9 Å². The van der Waals surface area contributed by atoms with Crippen LogP contribution >= 0.6 is 24.8 Å². The Bertz CT molecular complexity index is 727. The van der Waals surface area contributed by atoms with Crippen LogP contribution in [0.25, 0.3) is 0 Å². The number of nitrogens with one attached hydrogen (secondary N) is 1. The van der Waals surface area contributed by atoms with Crippen molar-refractivity contribution in [3.8, 4) is 0 Å². The molecule has 1 saturated heterocycles. The summed E-state index contributed by atoms with van der Waals surface area (Å²) >= 11 is 0. The Kier molecular flexibility index (Phi) is 7.75. The van der Waals surface area contributed by atoms with Crippen molar-refractivity contribution in [2.24, 2.45) is 22.7 Å². The number of halogens is 2. The zero-order chi connectivity index (χ0) is 19.9. The number of anilines is 1. The SMILES string of the molecule is CC12C[C@H]3C[C@@H](C1)CC(CC(=O)NCCN1CCN(c4ncccn4)CC1)(C3)C2.Cl.Cl. The highest BCUT2D eigenvalue weighted by Gasteiger charge is 2.56. The fourth-order valence-electron chi connectivity index (χ4n) is 7.52. The van der Waals surface area contributed by atoms with E-state index in [-0.39, 0.29) is 30.7 Å². The highest BCUT2D eigenvalue weighted by Crippen LogP contribution is 2.66. The van der Waals surface area contributed by atoms with E-state index in [1.165, 1.54) is 38.5 Å². The molecule has 6 rings (SSSR count). The first kappa shape index (κ1) is 24.5. The van der Waals surface area contributed by atoms with Crippen molar-refractivity contribution in [1.82, 2.24) is 20.2 Å². The van der Waals surface area contributed by atoms with Crippen LogP contribution in [0.4, 0.5) is 5.95 Å². The molecular formula is C23H37Cl2N5O. The first-order chi connectivity index (χ1) is 14.0. The lowest BCUT2D eigenvalue weighted by molar-refractivity contribution is -0.136. The Morgan fingerprint density at radius 3 is 2.32 bits per heavy atom. The van der Waals surface area contributed by atoms with Gasteiger partial charge in [0.1, 0.15) is 0 Å². The van der Waals surface area contributed by atoms with Gasteiger partial charge in [-0.15, -0.1) is 24.8 Å². The van der Waals surface area contributed by atoms with E-state index >= 15 is 0 Å². The lowest BCUT2D eigenvalue weighted by Gasteiger charge is -2.61. The van der Waals surface area contributed by atoms with Gasteiger partial charge in [0.15, 0.2) is 0 Å². The van der Waals surface area contributed by atoms with Crippen molar-refractivity contribution >= 4 is 36.7 Å². The summed E-state index contributed by atoms with van der Waals surface area (Å²) in [5.41, 5.74) is 0.830. The maximum atomic E-state index is 12.8. The third kappa shape index (κ3) is 5.45. The molecule has 8 heteroatoms. The molecule has 1 N–H and O–H groups in total. The number of piperazine rings is 1. The minimum atomic E-state index is 0. The third-order valence-electron chi connectivity index (χ3n) is 7.97. The maximum Gasteiger partial charge on any atom is 0.225 e. The van der Waals surface area contributed by atoms with Gasteiger partial charge in [-0.3, -0.25) is 9.69 Å². The Morgan fingerprint density at radius 2 is 1.71 bits per heavy atom. The Labute approximate surface area is 198 Å². The van der Waals surface area contributed by atoms with E-state index in [2.05, 4.69) is 32.0 Å². The highest BCUT2D eigenvalue weighted by atomic mass is 35.5. The van der Waals surface area contributed by atoms with Crippen molar-refractivity contribution in [3.05, 3.63) is 18.5 Å². The summed E-state index contributed by atoms with van der Waals surface area (Å²) in [6, 6.07) is 1.85. The van der Waals surface area contributed by atoms with Crippen molar-refractivity contribution in [1.29, 1.82) is 0 Å². The van der Waals surface area contributed by atoms with Crippen molar-refractivity contribution in [3.63, 3.8) is 0 Å². The van der Waals surface area contributed by atoms with Crippen LogP contribution in [0.5, 0.6) is 0 Å². The Hall–Kier alpha value is -1.11. The van der Waals surface area contributed by atoms with Crippen LogP contribution in [-0.4, -0.2) is 60.0 Å². The summed E-state index contributed by atoms with van der Waals surface area (Å²) in [5, 5.41) is 3.24. The average molecular weight is 470 g/mol. The molecule has 4 saturated carbocycles. The van der Waals surface area contributed by atoms with E-state index in [9.17, 15) is 4.79 Å². The van der Waals surface area contributed by atoms with Gasteiger partial charge >= 0.3 is 0 Å². The fourth-order valence-corrected chi connectivity index (χ4v) is 7.52. The number of carbonyl (C=O) groups excluding carboxylic acids is 1. The van der Waals surface area contributed by atoms with E-state index in [4.69, 9.17) is 0 Å². The van der Waals surface area contributed by atoms with Gasteiger partial charge in [-0.2, -0.15) is 0 Å². The molecule has 1 aliphatic heterocycles. The number of rotatable bonds is 6. The zero-order valence-electron chi connectivity index (χ0n) is 18.6. The monoisotopic (exact) mass is 469 g/mol. The predicted octanol–water partition coefficient (Wildman–Crippen LogP) is 3.56. The normalized spacial score (nSPS) is 34.0.